The van der Waals surface area contributed by atoms with Crippen molar-refractivity contribution in [1.82, 2.24) is 9.80 Å². The van der Waals surface area contributed by atoms with E-state index in [-0.39, 0.29) is 0 Å². The summed E-state index contributed by atoms with van der Waals surface area (Å²) in [5.41, 5.74) is 0. The lowest BCUT2D eigenvalue weighted by atomic mass is 10.0. The molecular formula is C54H108N2. The number of unbranched alkanes of at least 4 members (excludes halogenated alkanes) is 42. The van der Waals surface area contributed by atoms with Gasteiger partial charge in [-0.15, -0.1) is 0 Å². The molecule has 0 fully saturated rings. The minimum atomic E-state index is 0.635. The molecule has 56 heavy (non-hydrogen) atoms. The van der Waals surface area contributed by atoms with Gasteiger partial charge in [-0.2, -0.15) is 0 Å². The highest BCUT2D eigenvalue weighted by Gasteiger charge is 2.25. The van der Waals surface area contributed by atoms with E-state index in [0.717, 1.165) is 0 Å². The second-order valence-electron chi connectivity index (χ2n) is 18.9. The Morgan fingerprint density at radius 2 is 0.411 bits per heavy atom. The molecule has 0 aromatic carbocycles. The van der Waals surface area contributed by atoms with E-state index in [4.69, 9.17) is 0 Å². The molecule has 0 bridgehead atoms. The van der Waals surface area contributed by atoms with E-state index >= 15 is 0 Å². The van der Waals surface area contributed by atoms with Gasteiger partial charge in [0.25, 0.3) is 0 Å². The van der Waals surface area contributed by atoms with Crippen molar-refractivity contribution in [3.63, 3.8) is 0 Å². The van der Waals surface area contributed by atoms with E-state index in [1.54, 1.807) is 0 Å². The van der Waals surface area contributed by atoms with Crippen LogP contribution in [-0.4, -0.2) is 29.1 Å². The fraction of sp³-hybridized carbons (Fsp3) is 0.963. The van der Waals surface area contributed by atoms with Crippen LogP contribution in [0.1, 0.15) is 316 Å². The smallest absolute Gasteiger partial charge is 0.101 e. The Balaban J connectivity index is 2.19. The first-order chi connectivity index (χ1) is 27.8. The van der Waals surface area contributed by atoms with E-state index in [0.29, 0.717) is 6.17 Å². The molecule has 1 rings (SSSR count). The summed E-state index contributed by atoms with van der Waals surface area (Å²) in [4.78, 5) is 5.49. The number of hydrogen-bond acceptors (Lipinski definition) is 2. The fourth-order valence-corrected chi connectivity index (χ4v) is 9.37. The van der Waals surface area contributed by atoms with Crippen molar-refractivity contribution in [3.05, 3.63) is 12.4 Å². The third-order valence-corrected chi connectivity index (χ3v) is 13.3. The van der Waals surface area contributed by atoms with E-state index < -0.39 is 0 Å². The molecule has 0 N–H and O–H groups in total. The maximum absolute atomic E-state index is 2.75. The topological polar surface area (TPSA) is 6.48 Å². The minimum Gasteiger partial charge on any atom is -0.356 e. The van der Waals surface area contributed by atoms with Crippen molar-refractivity contribution in [1.29, 1.82) is 0 Å². The van der Waals surface area contributed by atoms with E-state index in [2.05, 4.69) is 43.0 Å². The van der Waals surface area contributed by atoms with Gasteiger partial charge in [-0.05, 0) is 25.7 Å². The van der Waals surface area contributed by atoms with E-state index in [9.17, 15) is 0 Å². The summed E-state index contributed by atoms with van der Waals surface area (Å²) in [7, 11) is 0. The second kappa shape index (κ2) is 45.4. The van der Waals surface area contributed by atoms with Crippen LogP contribution in [0.2, 0.25) is 0 Å². The maximum Gasteiger partial charge on any atom is 0.101 e. The molecule has 1 aliphatic rings. The molecule has 1 unspecified atom stereocenters. The summed E-state index contributed by atoms with van der Waals surface area (Å²) in [6, 6.07) is 0. The standard InChI is InChI=1S/C54H108N2/c1-4-7-10-13-16-19-22-25-28-30-33-36-39-42-45-48-51-56-53-52-55(50-47-44-41-38-35-32-27-24-21-18-15-12-9-6-3)54(56)49-46-43-40-37-34-31-29-26-23-20-17-14-11-8-5-2/h52-54H,4-51H2,1-3H3. The molecule has 0 aromatic heterocycles. The lowest BCUT2D eigenvalue weighted by Gasteiger charge is -2.33. The van der Waals surface area contributed by atoms with Crippen molar-refractivity contribution in [2.45, 2.75) is 322 Å². The van der Waals surface area contributed by atoms with Crippen LogP contribution in [-0.2, 0) is 0 Å². The second-order valence-corrected chi connectivity index (χ2v) is 18.9. The number of hydrogen-bond donors (Lipinski definition) is 0. The summed E-state index contributed by atoms with van der Waals surface area (Å²) < 4.78 is 0. The van der Waals surface area contributed by atoms with Gasteiger partial charge in [0.05, 0.1) is 0 Å². The lowest BCUT2D eigenvalue weighted by Crippen LogP contribution is -2.39. The zero-order chi connectivity index (χ0) is 40.1. The van der Waals surface area contributed by atoms with E-state index in [1.807, 2.05) is 0 Å². The molecule has 334 valence electrons. The molecule has 0 amide bonds. The molecule has 0 spiro atoms. The average Bonchev–Trinajstić information content (AvgIpc) is 3.59. The zero-order valence-corrected chi connectivity index (χ0v) is 39.6. The van der Waals surface area contributed by atoms with Crippen LogP contribution >= 0.6 is 0 Å². The normalized spacial score (nSPS) is 14.2. The summed E-state index contributed by atoms with van der Waals surface area (Å²) >= 11 is 0. The molecule has 2 heteroatoms. The predicted octanol–water partition coefficient (Wildman–Crippen LogP) is 19.4. The first-order valence-electron chi connectivity index (χ1n) is 27.0. The third kappa shape index (κ3) is 36.4. The molecule has 0 saturated heterocycles. The predicted molar refractivity (Wildman–Crippen MR) is 256 cm³/mol. The molecule has 0 radical (unpaired) electrons. The van der Waals surface area contributed by atoms with Crippen LogP contribution in [0.3, 0.4) is 0 Å². The average molecular weight is 785 g/mol. The quantitative estimate of drug-likeness (QED) is 0.0567. The van der Waals surface area contributed by atoms with Crippen molar-refractivity contribution >= 4 is 0 Å². The van der Waals surface area contributed by atoms with Gasteiger partial charge in [-0.25, -0.2) is 0 Å². The Labute approximate surface area is 356 Å². The highest BCUT2D eigenvalue weighted by atomic mass is 15.4. The highest BCUT2D eigenvalue weighted by molar-refractivity contribution is 4.97. The van der Waals surface area contributed by atoms with Crippen LogP contribution < -0.4 is 0 Å². The van der Waals surface area contributed by atoms with Crippen LogP contribution in [0.5, 0.6) is 0 Å². The van der Waals surface area contributed by atoms with Crippen molar-refractivity contribution < 1.29 is 0 Å². The molecule has 0 aliphatic carbocycles. The van der Waals surface area contributed by atoms with E-state index in [1.165, 1.54) is 308 Å². The molecule has 0 saturated carbocycles. The summed E-state index contributed by atoms with van der Waals surface area (Å²) in [5.74, 6) is 0. The van der Waals surface area contributed by atoms with Crippen LogP contribution in [0, 0.1) is 0 Å². The van der Waals surface area contributed by atoms with Gasteiger partial charge in [0, 0.05) is 25.5 Å². The number of rotatable bonds is 48. The zero-order valence-electron chi connectivity index (χ0n) is 39.6. The van der Waals surface area contributed by atoms with Gasteiger partial charge in [-0.1, -0.05) is 290 Å². The summed E-state index contributed by atoms with van der Waals surface area (Å²) in [6.07, 6.45) is 72.3. The molecule has 0 aromatic rings. The van der Waals surface area contributed by atoms with Gasteiger partial charge in [-0.3, -0.25) is 0 Å². The van der Waals surface area contributed by atoms with Crippen molar-refractivity contribution in [2.75, 3.05) is 13.1 Å². The van der Waals surface area contributed by atoms with Gasteiger partial charge >= 0.3 is 0 Å². The molecular weight excluding hydrogens is 677 g/mol. The SMILES string of the molecule is CCCCCCCCCCCCCCCCCCN1C=CN(CCCCCCCCCCCCCCCC)C1CCCCCCCCCCCCCCCCC. The van der Waals surface area contributed by atoms with Crippen LogP contribution in [0.15, 0.2) is 12.4 Å². The largest absolute Gasteiger partial charge is 0.356 e. The van der Waals surface area contributed by atoms with Crippen molar-refractivity contribution in [2.24, 2.45) is 0 Å². The molecule has 2 nitrogen and oxygen atoms in total. The van der Waals surface area contributed by atoms with Gasteiger partial charge < -0.3 is 9.80 Å². The first-order valence-corrected chi connectivity index (χ1v) is 27.0. The molecule has 1 atom stereocenters. The van der Waals surface area contributed by atoms with Gasteiger partial charge in [0.2, 0.25) is 0 Å². The van der Waals surface area contributed by atoms with Crippen LogP contribution in [0.4, 0.5) is 0 Å². The Morgan fingerprint density at radius 1 is 0.232 bits per heavy atom. The molecule has 1 aliphatic heterocycles. The summed E-state index contributed by atoms with van der Waals surface area (Å²) in [6.45, 7) is 9.50. The maximum atomic E-state index is 2.75. The first kappa shape index (κ1) is 53.4. The monoisotopic (exact) mass is 785 g/mol. The molecule has 1 heterocycles. The number of nitrogens with zero attached hydrogens (tertiary/aromatic N) is 2. The van der Waals surface area contributed by atoms with Gasteiger partial charge in [0.1, 0.15) is 6.17 Å². The van der Waals surface area contributed by atoms with Crippen LogP contribution in [0.25, 0.3) is 0 Å². The van der Waals surface area contributed by atoms with Gasteiger partial charge in [0.15, 0.2) is 0 Å². The Morgan fingerprint density at radius 3 is 0.625 bits per heavy atom. The highest BCUT2D eigenvalue weighted by Crippen LogP contribution is 2.24. The Hall–Kier alpha value is -0.660. The Bertz CT molecular complexity index is 747. The minimum absolute atomic E-state index is 0.635. The fourth-order valence-electron chi connectivity index (χ4n) is 9.37. The lowest BCUT2D eigenvalue weighted by molar-refractivity contribution is 0.135. The Kier molecular flexibility index (Phi) is 43.3. The summed E-state index contributed by atoms with van der Waals surface area (Å²) in [5, 5.41) is 0. The third-order valence-electron chi connectivity index (χ3n) is 13.3. The van der Waals surface area contributed by atoms with Crippen molar-refractivity contribution in [3.8, 4) is 0 Å².